The number of hydrogen-bond acceptors (Lipinski definition) is 0. The van der Waals surface area contributed by atoms with Gasteiger partial charge in [0.1, 0.15) is 0 Å². The van der Waals surface area contributed by atoms with Gasteiger partial charge in [-0.05, 0) is 0 Å². The fourth-order valence-electron chi connectivity index (χ4n) is 2.89. The molecule has 184 valence electrons. The predicted octanol–water partition coefficient (Wildman–Crippen LogP) is 10.6. The SMILES string of the molecule is CCCC[S](CCCC)=[Ir]([Cl])(=[S](CCCC)CCCC)=[S](CCCC)CCCC. The topological polar surface area (TPSA) is 0 Å². The molecule has 0 spiro atoms. The van der Waals surface area contributed by atoms with Gasteiger partial charge >= 0.3 is 196 Å². The molecular weight excluding hydrogens is 612 g/mol. The van der Waals surface area contributed by atoms with Gasteiger partial charge in [-0.1, -0.05) is 0 Å². The van der Waals surface area contributed by atoms with Crippen LogP contribution in [0.3, 0.4) is 0 Å². The zero-order valence-electron chi connectivity index (χ0n) is 20.7. The minimum atomic E-state index is -2.48. The Morgan fingerprint density at radius 2 is 0.586 bits per heavy atom. The van der Waals surface area contributed by atoms with Gasteiger partial charge in [-0.15, -0.1) is 0 Å². The summed E-state index contributed by atoms with van der Waals surface area (Å²) in [6.45, 7) is 14.3. The molecular formula is C24H54ClIrS3. The molecule has 0 aromatic heterocycles. The number of rotatable bonds is 18. The maximum absolute atomic E-state index is 8.28. The van der Waals surface area contributed by atoms with Crippen LogP contribution in [-0.2, 0) is 8.95 Å². The third-order valence-corrected chi connectivity index (χ3v) is 68.1. The molecule has 0 amide bonds. The number of unbranched alkanes of at least 4 members (excludes halogenated alkanes) is 6. The minimum absolute atomic E-state index is 0.576. The average molecular weight is 667 g/mol. The molecule has 0 fully saturated rings. The zero-order valence-corrected chi connectivity index (χ0v) is 26.3. The van der Waals surface area contributed by atoms with Crippen molar-refractivity contribution in [3.63, 3.8) is 0 Å². The Labute approximate surface area is 195 Å². The van der Waals surface area contributed by atoms with Crippen molar-refractivity contribution in [1.29, 1.82) is 0 Å². The Morgan fingerprint density at radius 1 is 0.414 bits per heavy atom. The molecule has 0 heterocycles. The van der Waals surface area contributed by atoms with Gasteiger partial charge in [0.15, 0.2) is 0 Å². The molecule has 5 heteroatoms. The van der Waals surface area contributed by atoms with Crippen LogP contribution in [0.1, 0.15) is 119 Å². The first-order chi connectivity index (χ1) is 14.1. The van der Waals surface area contributed by atoms with Crippen LogP contribution in [0.15, 0.2) is 0 Å². The Balaban J connectivity index is 7.05. The summed E-state index contributed by atoms with van der Waals surface area (Å²) in [6, 6.07) is 0. The number of halogens is 1. The molecule has 0 aromatic rings. The summed E-state index contributed by atoms with van der Waals surface area (Å²) in [5.41, 5.74) is 0. The second-order valence-electron chi connectivity index (χ2n) is 7.86. The van der Waals surface area contributed by atoms with Gasteiger partial charge in [0.2, 0.25) is 0 Å². The first-order valence-corrected chi connectivity index (χ1v) is 28.6. The molecule has 29 heavy (non-hydrogen) atoms. The van der Waals surface area contributed by atoms with Crippen LogP contribution in [0.25, 0.3) is 0 Å². The molecule has 0 bridgehead atoms. The summed E-state index contributed by atoms with van der Waals surface area (Å²) in [4.78, 5) is 0. The summed E-state index contributed by atoms with van der Waals surface area (Å²) in [7, 11) is 7.53. The molecule has 0 atom stereocenters. The van der Waals surface area contributed by atoms with Crippen LogP contribution in [0.4, 0.5) is 0 Å². The Kier molecular flexibility index (Phi) is 22.0. The van der Waals surface area contributed by atoms with E-state index < -0.39 is 8.95 Å². The molecule has 0 unspecified atom stereocenters. The maximum atomic E-state index is 8.28. The van der Waals surface area contributed by atoms with E-state index >= 15 is 0 Å². The number of hydrogen-bond donors (Lipinski definition) is 0. The van der Waals surface area contributed by atoms with Crippen molar-refractivity contribution in [3.8, 4) is 0 Å². The van der Waals surface area contributed by atoms with E-state index in [2.05, 4.69) is 41.5 Å². The monoisotopic (exact) mass is 666 g/mol. The molecule has 0 saturated carbocycles. The molecule has 0 N–H and O–H groups in total. The summed E-state index contributed by atoms with van der Waals surface area (Å²) in [5, 5.41) is 0. The van der Waals surface area contributed by atoms with Crippen LogP contribution in [0.5, 0.6) is 0 Å². The summed E-state index contributed by atoms with van der Waals surface area (Å²) < 4.78 is 0. The van der Waals surface area contributed by atoms with E-state index in [9.17, 15) is 0 Å². The molecule has 0 rings (SSSR count). The van der Waals surface area contributed by atoms with Crippen LogP contribution in [0.2, 0.25) is 0 Å². The third-order valence-electron chi connectivity index (χ3n) is 4.95. The predicted molar refractivity (Wildman–Crippen MR) is 147 cm³/mol. The fourth-order valence-corrected chi connectivity index (χ4v) is 72.9. The Morgan fingerprint density at radius 3 is 0.724 bits per heavy atom. The third kappa shape index (κ3) is 12.1. The van der Waals surface area contributed by atoms with E-state index in [1.807, 2.05) is 0 Å². The molecule has 0 aliphatic rings. The second-order valence-corrected chi connectivity index (χ2v) is 48.5. The van der Waals surface area contributed by atoms with Crippen molar-refractivity contribution in [2.24, 2.45) is 0 Å². The van der Waals surface area contributed by atoms with Crippen LogP contribution in [0, 0.1) is 0 Å². The van der Waals surface area contributed by atoms with E-state index in [0.29, 0.717) is 24.8 Å². The van der Waals surface area contributed by atoms with Gasteiger partial charge in [0, 0.05) is 0 Å². The summed E-state index contributed by atoms with van der Waals surface area (Å²) in [6.07, 6.45) is 16.6. The van der Waals surface area contributed by atoms with Gasteiger partial charge in [-0.25, -0.2) is 0 Å². The molecule has 0 aliphatic heterocycles. The normalized spacial score (nSPS) is 13.2. The molecule has 0 saturated heterocycles. The van der Waals surface area contributed by atoms with Crippen molar-refractivity contribution in [3.05, 3.63) is 0 Å². The van der Waals surface area contributed by atoms with Crippen LogP contribution >= 0.6 is 34.4 Å². The van der Waals surface area contributed by atoms with Crippen molar-refractivity contribution < 1.29 is 8.95 Å². The fraction of sp³-hybridized carbons (Fsp3) is 1.00. The van der Waals surface area contributed by atoms with Gasteiger partial charge in [0.05, 0.1) is 0 Å². The van der Waals surface area contributed by atoms with Gasteiger partial charge in [0.25, 0.3) is 0 Å². The molecule has 0 nitrogen and oxygen atoms in total. The molecule has 0 aliphatic carbocycles. The molecule has 0 radical (unpaired) electrons. The van der Waals surface area contributed by atoms with Crippen molar-refractivity contribution in [2.75, 3.05) is 34.5 Å². The summed E-state index contributed by atoms with van der Waals surface area (Å²) in [5.74, 6) is 8.85. The first kappa shape index (κ1) is 31.0. The van der Waals surface area contributed by atoms with Crippen LogP contribution in [-0.4, -0.2) is 34.5 Å². The van der Waals surface area contributed by atoms with E-state index in [1.165, 1.54) is 112 Å². The quantitative estimate of drug-likeness (QED) is 0.137. The molecule has 0 aromatic carbocycles. The van der Waals surface area contributed by atoms with E-state index in [4.69, 9.17) is 9.58 Å². The van der Waals surface area contributed by atoms with Gasteiger partial charge in [-0.3, -0.25) is 0 Å². The summed E-state index contributed by atoms with van der Waals surface area (Å²) >= 11 is 0. The van der Waals surface area contributed by atoms with Gasteiger partial charge in [-0.2, -0.15) is 0 Å². The van der Waals surface area contributed by atoms with E-state index in [1.54, 1.807) is 0 Å². The standard InChI is InChI=1S/3C8H18S.ClH.Ir/c3*1-3-5-7-9-8-6-4-2;;/h3*3-8H2,1-2H3;1H;/q;;;;+1/p-1. The van der Waals surface area contributed by atoms with E-state index in [-0.39, 0.29) is 0 Å². The van der Waals surface area contributed by atoms with Crippen LogP contribution < -0.4 is 0 Å². The van der Waals surface area contributed by atoms with Crippen molar-refractivity contribution >= 4 is 34.4 Å². The van der Waals surface area contributed by atoms with Crippen molar-refractivity contribution in [1.82, 2.24) is 0 Å². The first-order valence-electron chi connectivity index (χ1n) is 12.5. The van der Waals surface area contributed by atoms with E-state index in [0.717, 1.165) is 0 Å². The average Bonchev–Trinajstić information content (AvgIpc) is 2.73. The van der Waals surface area contributed by atoms with Crippen molar-refractivity contribution in [2.45, 2.75) is 119 Å². The Hall–Kier alpha value is 1.99. The Bertz CT molecular complexity index is 490. The zero-order chi connectivity index (χ0) is 22.0. The second kappa shape index (κ2) is 20.6. The van der Waals surface area contributed by atoms with Gasteiger partial charge < -0.3 is 0 Å².